The lowest BCUT2D eigenvalue weighted by molar-refractivity contribution is 0.0653. The van der Waals surface area contributed by atoms with Crippen LogP contribution in [0.4, 0.5) is 0 Å². The predicted octanol–water partition coefficient (Wildman–Crippen LogP) is 3.41. The highest BCUT2D eigenvalue weighted by atomic mass is 79.9. The Bertz CT molecular complexity index is 358. The van der Waals surface area contributed by atoms with Crippen LogP contribution >= 0.6 is 15.9 Å². The minimum Gasteiger partial charge on any atom is -0.386 e. The molecule has 0 N–H and O–H groups in total. The Labute approximate surface area is 92.1 Å². The van der Waals surface area contributed by atoms with Gasteiger partial charge in [0.1, 0.15) is 4.62 Å². The van der Waals surface area contributed by atoms with Crippen molar-refractivity contribution in [1.29, 1.82) is 0 Å². The summed E-state index contributed by atoms with van der Waals surface area (Å²) in [5.74, 6) is 0.303. The minimum absolute atomic E-state index is 0.0602. The summed E-state index contributed by atoms with van der Waals surface area (Å²) in [5, 5.41) is 3.93. The van der Waals surface area contributed by atoms with Crippen LogP contribution in [0.25, 0.3) is 0 Å². The van der Waals surface area contributed by atoms with Crippen molar-refractivity contribution in [3.63, 3.8) is 0 Å². The summed E-state index contributed by atoms with van der Waals surface area (Å²) in [7, 11) is 0. The van der Waals surface area contributed by atoms with Crippen LogP contribution in [0.5, 0.6) is 0 Å². The average molecular weight is 254 g/mol. The molecule has 0 amide bonds. The highest BCUT2D eigenvalue weighted by Crippen LogP contribution is 2.34. The molecule has 0 aromatic heterocycles. The van der Waals surface area contributed by atoms with E-state index in [4.69, 9.17) is 4.84 Å². The summed E-state index contributed by atoms with van der Waals surface area (Å²) in [6.45, 7) is 4.18. The fourth-order valence-electron chi connectivity index (χ4n) is 1.51. The van der Waals surface area contributed by atoms with E-state index in [1.807, 2.05) is 0 Å². The molecule has 3 heteroatoms. The first-order chi connectivity index (χ1) is 6.68. The Balaban J connectivity index is 2.22. The average Bonchev–Trinajstić information content (AvgIpc) is 2.50. The summed E-state index contributed by atoms with van der Waals surface area (Å²) < 4.78 is 0.892. The fourth-order valence-corrected chi connectivity index (χ4v) is 1.84. The van der Waals surface area contributed by atoms with Crippen molar-refractivity contribution in [2.45, 2.75) is 20.0 Å². The zero-order chi connectivity index (χ0) is 10.1. The van der Waals surface area contributed by atoms with E-state index in [1.165, 1.54) is 11.1 Å². The van der Waals surface area contributed by atoms with Crippen LogP contribution in [0.15, 0.2) is 29.4 Å². The number of hydrogen-bond acceptors (Lipinski definition) is 2. The largest absolute Gasteiger partial charge is 0.386 e. The van der Waals surface area contributed by atoms with Gasteiger partial charge in [-0.3, -0.25) is 0 Å². The van der Waals surface area contributed by atoms with Crippen LogP contribution in [-0.2, 0) is 4.84 Å². The molecular formula is C11H12BrNO. The van der Waals surface area contributed by atoms with Gasteiger partial charge in [0.15, 0.2) is 6.10 Å². The Hall–Kier alpha value is -0.830. The lowest BCUT2D eigenvalue weighted by Gasteiger charge is -2.13. The molecule has 0 aliphatic carbocycles. The van der Waals surface area contributed by atoms with Gasteiger partial charge in [0.2, 0.25) is 0 Å². The third kappa shape index (κ3) is 1.69. The summed E-state index contributed by atoms with van der Waals surface area (Å²) >= 11 is 3.38. The van der Waals surface area contributed by atoms with Crippen LogP contribution in [0.3, 0.4) is 0 Å². The van der Waals surface area contributed by atoms with Gasteiger partial charge in [0.25, 0.3) is 0 Å². The molecule has 2 atom stereocenters. The Morgan fingerprint density at radius 1 is 1.29 bits per heavy atom. The van der Waals surface area contributed by atoms with Crippen LogP contribution < -0.4 is 0 Å². The number of aryl methyl sites for hydroxylation is 1. The van der Waals surface area contributed by atoms with Crippen molar-refractivity contribution < 1.29 is 4.84 Å². The van der Waals surface area contributed by atoms with E-state index in [0.717, 1.165) is 4.62 Å². The molecular weight excluding hydrogens is 242 g/mol. The lowest BCUT2D eigenvalue weighted by atomic mass is 9.98. The molecule has 1 aromatic rings. The fraction of sp³-hybridized carbons (Fsp3) is 0.364. The van der Waals surface area contributed by atoms with Gasteiger partial charge in [-0.05, 0) is 28.4 Å². The smallest absolute Gasteiger partial charge is 0.161 e. The molecule has 2 rings (SSSR count). The van der Waals surface area contributed by atoms with E-state index in [9.17, 15) is 0 Å². The minimum atomic E-state index is 0.0602. The van der Waals surface area contributed by atoms with Crippen molar-refractivity contribution in [1.82, 2.24) is 0 Å². The normalized spacial score (nSPS) is 25.8. The molecule has 1 aromatic carbocycles. The molecule has 1 heterocycles. The molecule has 1 aliphatic heterocycles. The van der Waals surface area contributed by atoms with Crippen LogP contribution in [-0.4, -0.2) is 4.62 Å². The van der Waals surface area contributed by atoms with Crippen molar-refractivity contribution in [2.24, 2.45) is 11.1 Å². The van der Waals surface area contributed by atoms with Gasteiger partial charge in [-0.15, -0.1) is 0 Å². The maximum atomic E-state index is 5.34. The molecule has 0 radical (unpaired) electrons. The van der Waals surface area contributed by atoms with Crippen LogP contribution in [0.1, 0.15) is 24.2 Å². The van der Waals surface area contributed by atoms with E-state index in [2.05, 4.69) is 59.2 Å². The Morgan fingerprint density at radius 3 is 2.43 bits per heavy atom. The van der Waals surface area contributed by atoms with Gasteiger partial charge >= 0.3 is 0 Å². The topological polar surface area (TPSA) is 21.6 Å². The summed E-state index contributed by atoms with van der Waals surface area (Å²) in [6.07, 6.45) is 0.0602. The van der Waals surface area contributed by atoms with Crippen molar-refractivity contribution >= 4 is 20.6 Å². The summed E-state index contributed by atoms with van der Waals surface area (Å²) in [5.41, 5.74) is 2.45. The summed E-state index contributed by atoms with van der Waals surface area (Å²) in [4.78, 5) is 5.34. The van der Waals surface area contributed by atoms with Gasteiger partial charge in [0, 0.05) is 0 Å². The van der Waals surface area contributed by atoms with Crippen molar-refractivity contribution in [2.75, 3.05) is 0 Å². The zero-order valence-corrected chi connectivity index (χ0v) is 9.78. The van der Waals surface area contributed by atoms with Crippen LogP contribution in [0, 0.1) is 12.8 Å². The van der Waals surface area contributed by atoms with E-state index in [1.54, 1.807) is 0 Å². The van der Waals surface area contributed by atoms with Gasteiger partial charge in [0.05, 0.1) is 5.92 Å². The van der Waals surface area contributed by atoms with E-state index < -0.39 is 0 Å². The number of benzene rings is 1. The first-order valence-electron chi connectivity index (χ1n) is 4.64. The Morgan fingerprint density at radius 2 is 1.93 bits per heavy atom. The molecule has 0 saturated carbocycles. The molecule has 14 heavy (non-hydrogen) atoms. The quantitative estimate of drug-likeness (QED) is 0.752. The molecule has 2 nitrogen and oxygen atoms in total. The highest BCUT2D eigenvalue weighted by molar-refractivity contribution is 9.18. The monoisotopic (exact) mass is 253 g/mol. The maximum absolute atomic E-state index is 5.34. The van der Waals surface area contributed by atoms with Gasteiger partial charge < -0.3 is 4.84 Å². The Kier molecular flexibility index (Phi) is 2.59. The number of nitrogens with zero attached hydrogens (tertiary/aromatic N) is 1. The molecule has 0 fully saturated rings. The maximum Gasteiger partial charge on any atom is 0.161 e. The van der Waals surface area contributed by atoms with Crippen LogP contribution in [0.2, 0.25) is 0 Å². The SMILES string of the molecule is Cc1ccc(C2ON=C(Br)C2C)cc1. The van der Waals surface area contributed by atoms with E-state index in [-0.39, 0.29) is 6.10 Å². The number of oxime groups is 1. The van der Waals surface area contributed by atoms with E-state index >= 15 is 0 Å². The standard InChI is InChI=1S/C11H12BrNO/c1-7-3-5-9(6-4-7)10-8(2)11(12)13-14-10/h3-6,8,10H,1-2H3. The third-order valence-corrected chi connectivity index (χ3v) is 3.36. The second-order valence-electron chi connectivity index (χ2n) is 3.64. The molecule has 74 valence electrons. The second kappa shape index (κ2) is 3.73. The molecule has 0 spiro atoms. The second-order valence-corrected chi connectivity index (χ2v) is 4.45. The van der Waals surface area contributed by atoms with Crippen molar-refractivity contribution in [3.05, 3.63) is 35.4 Å². The molecule has 0 saturated heterocycles. The van der Waals surface area contributed by atoms with Crippen molar-refractivity contribution in [3.8, 4) is 0 Å². The van der Waals surface area contributed by atoms with Gasteiger partial charge in [-0.1, -0.05) is 41.9 Å². The third-order valence-electron chi connectivity index (χ3n) is 2.49. The summed E-state index contributed by atoms with van der Waals surface area (Å²) in [6, 6.07) is 8.38. The van der Waals surface area contributed by atoms with E-state index in [0.29, 0.717) is 5.92 Å². The predicted molar refractivity (Wildman–Crippen MR) is 60.5 cm³/mol. The van der Waals surface area contributed by atoms with Gasteiger partial charge in [-0.2, -0.15) is 0 Å². The first kappa shape index (κ1) is 9.71. The number of halogens is 1. The molecule has 1 aliphatic rings. The molecule has 2 unspecified atom stereocenters. The lowest BCUT2D eigenvalue weighted by Crippen LogP contribution is -2.09. The zero-order valence-electron chi connectivity index (χ0n) is 8.20. The highest BCUT2D eigenvalue weighted by Gasteiger charge is 2.29. The molecule has 0 bridgehead atoms. The first-order valence-corrected chi connectivity index (χ1v) is 5.43. The number of rotatable bonds is 1. The van der Waals surface area contributed by atoms with Gasteiger partial charge in [-0.25, -0.2) is 0 Å². The number of hydrogen-bond donors (Lipinski definition) is 0.